The maximum Gasteiger partial charge on any atom is 0.164 e. The van der Waals surface area contributed by atoms with E-state index in [2.05, 4.69) is 97.1 Å². The van der Waals surface area contributed by atoms with Gasteiger partial charge in [-0.05, 0) is 63.9 Å². The molecule has 0 fully saturated rings. The van der Waals surface area contributed by atoms with Crippen LogP contribution in [0, 0.1) is 0 Å². The number of hydrogen-bond acceptors (Lipinski definition) is 5. The summed E-state index contributed by atoms with van der Waals surface area (Å²) < 4.78 is 13.1. The van der Waals surface area contributed by atoms with Gasteiger partial charge in [-0.15, -0.1) is 0 Å². The molecule has 0 saturated heterocycles. The second kappa shape index (κ2) is 11.3. The lowest BCUT2D eigenvalue weighted by Crippen LogP contribution is -2.11. The van der Waals surface area contributed by atoms with Gasteiger partial charge >= 0.3 is 0 Å². The van der Waals surface area contributed by atoms with Gasteiger partial charge in [-0.3, -0.25) is 0 Å². The van der Waals surface area contributed by atoms with E-state index in [-0.39, 0.29) is 5.92 Å². The Bertz CT molecular complexity index is 3060. The van der Waals surface area contributed by atoms with Crippen LogP contribution >= 0.6 is 0 Å². The van der Waals surface area contributed by atoms with Crippen LogP contribution in [0.5, 0.6) is 0 Å². The largest absolute Gasteiger partial charge is 0.460 e. The van der Waals surface area contributed by atoms with E-state index in [1.807, 2.05) is 60.7 Å². The van der Waals surface area contributed by atoms with Gasteiger partial charge in [-0.1, -0.05) is 127 Å². The van der Waals surface area contributed by atoms with E-state index in [1.165, 1.54) is 27.1 Å². The smallest absolute Gasteiger partial charge is 0.164 e. The van der Waals surface area contributed by atoms with E-state index < -0.39 is 0 Å². The molecule has 52 heavy (non-hydrogen) atoms. The molecule has 0 saturated carbocycles. The lowest BCUT2D eigenvalue weighted by molar-refractivity contribution is 0.517. The highest BCUT2D eigenvalue weighted by Gasteiger charge is 2.32. The van der Waals surface area contributed by atoms with Crippen LogP contribution in [0.1, 0.15) is 35.1 Å². The molecule has 0 N–H and O–H groups in total. The minimum atomic E-state index is 0.00560. The molecule has 5 heteroatoms. The van der Waals surface area contributed by atoms with Gasteiger partial charge in [0.15, 0.2) is 17.5 Å². The van der Waals surface area contributed by atoms with Crippen molar-refractivity contribution in [1.29, 1.82) is 0 Å². The molecule has 1 atom stereocenters. The molecule has 5 nitrogen and oxygen atoms in total. The molecule has 10 aromatic rings. The van der Waals surface area contributed by atoms with Gasteiger partial charge < -0.3 is 8.83 Å². The van der Waals surface area contributed by atoms with Crippen molar-refractivity contribution in [3.63, 3.8) is 0 Å². The fraction of sp³-hybridized carbons (Fsp3) is 0.0426. The number of furan rings is 2. The van der Waals surface area contributed by atoms with E-state index in [1.54, 1.807) is 0 Å². The SMILES string of the molecule is C1=C(c2nc(-c3ccccc3)nc(-c3ccc4c(c3)oc3ccccc34)n2)c2c(oc3ccccc23)C(c2cc3ccccc3c3ccccc23)C1. The van der Waals surface area contributed by atoms with Gasteiger partial charge in [-0.2, -0.15) is 0 Å². The maximum atomic E-state index is 6.85. The topological polar surface area (TPSA) is 65.0 Å². The third-order valence-corrected chi connectivity index (χ3v) is 10.5. The van der Waals surface area contributed by atoms with Crippen molar-refractivity contribution in [1.82, 2.24) is 15.0 Å². The number of aromatic nitrogens is 3. The van der Waals surface area contributed by atoms with Crippen molar-refractivity contribution in [2.75, 3.05) is 0 Å². The lowest BCUT2D eigenvalue weighted by atomic mass is 9.80. The molecule has 1 aliphatic carbocycles. The van der Waals surface area contributed by atoms with Crippen molar-refractivity contribution in [3.8, 4) is 22.8 Å². The molecule has 0 aliphatic heterocycles. The second-order valence-electron chi connectivity index (χ2n) is 13.5. The summed E-state index contributed by atoms with van der Waals surface area (Å²) in [4.78, 5) is 15.4. The van der Waals surface area contributed by atoms with Crippen LogP contribution in [0.25, 0.3) is 82.8 Å². The van der Waals surface area contributed by atoms with Crippen LogP contribution in [0.2, 0.25) is 0 Å². The molecule has 0 amide bonds. The zero-order chi connectivity index (χ0) is 34.2. The Hall–Kier alpha value is -6.85. The van der Waals surface area contributed by atoms with Crippen molar-refractivity contribution >= 4 is 60.0 Å². The minimum absolute atomic E-state index is 0.00560. The third-order valence-electron chi connectivity index (χ3n) is 10.5. The number of benzene rings is 7. The predicted octanol–water partition coefficient (Wildman–Crippen LogP) is 12.1. The van der Waals surface area contributed by atoms with Gasteiger partial charge in [0.2, 0.25) is 0 Å². The Morgan fingerprint density at radius 3 is 1.88 bits per heavy atom. The summed E-state index contributed by atoms with van der Waals surface area (Å²) in [7, 11) is 0. The van der Waals surface area contributed by atoms with Crippen LogP contribution in [0.3, 0.4) is 0 Å². The molecular weight excluding hydrogens is 639 g/mol. The van der Waals surface area contributed by atoms with Gasteiger partial charge in [0.05, 0.1) is 0 Å². The average Bonchev–Trinajstić information content (AvgIpc) is 3.79. The summed E-state index contributed by atoms with van der Waals surface area (Å²) in [5.74, 6) is 2.76. The fourth-order valence-corrected chi connectivity index (χ4v) is 8.08. The number of allylic oxidation sites excluding steroid dienone is 1. The van der Waals surface area contributed by atoms with Gasteiger partial charge in [0.25, 0.3) is 0 Å². The first-order valence-corrected chi connectivity index (χ1v) is 17.6. The monoisotopic (exact) mass is 667 g/mol. The number of fused-ring (bicyclic) bond motifs is 9. The molecule has 0 spiro atoms. The summed E-state index contributed by atoms with van der Waals surface area (Å²) in [6.45, 7) is 0. The van der Waals surface area contributed by atoms with Crippen molar-refractivity contribution < 1.29 is 8.83 Å². The highest BCUT2D eigenvalue weighted by Crippen LogP contribution is 2.48. The Kier molecular flexibility index (Phi) is 6.31. The summed E-state index contributed by atoms with van der Waals surface area (Å²) in [5, 5.41) is 8.17. The van der Waals surface area contributed by atoms with Crippen molar-refractivity contribution in [2.24, 2.45) is 0 Å². The summed E-state index contributed by atoms with van der Waals surface area (Å²) >= 11 is 0. The van der Waals surface area contributed by atoms with Gasteiger partial charge in [0, 0.05) is 44.3 Å². The first-order chi connectivity index (χ1) is 25.8. The number of nitrogens with zero attached hydrogens (tertiary/aromatic N) is 3. The van der Waals surface area contributed by atoms with Crippen LogP contribution in [0.4, 0.5) is 0 Å². The maximum absolute atomic E-state index is 6.85. The first kappa shape index (κ1) is 28.9. The molecule has 3 heterocycles. The molecular formula is C47H29N3O2. The Morgan fingerprint density at radius 2 is 1.06 bits per heavy atom. The normalized spacial score (nSPS) is 14.4. The number of hydrogen-bond donors (Lipinski definition) is 0. The van der Waals surface area contributed by atoms with Gasteiger partial charge in [0.1, 0.15) is 22.5 Å². The zero-order valence-corrected chi connectivity index (χ0v) is 28.0. The first-order valence-electron chi connectivity index (χ1n) is 17.6. The van der Waals surface area contributed by atoms with E-state index >= 15 is 0 Å². The Morgan fingerprint density at radius 1 is 0.442 bits per heavy atom. The molecule has 244 valence electrons. The summed E-state index contributed by atoms with van der Waals surface area (Å²) in [6, 6.07) is 52.5. The van der Waals surface area contributed by atoms with Crippen LogP contribution < -0.4 is 0 Å². The molecule has 11 rings (SSSR count). The Labute approximate surface area is 298 Å². The molecule has 0 bridgehead atoms. The van der Waals surface area contributed by atoms with Crippen LogP contribution in [-0.2, 0) is 0 Å². The van der Waals surface area contributed by atoms with E-state index in [0.717, 1.165) is 67.4 Å². The number of para-hydroxylation sites is 2. The van der Waals surface area contributed by atoms with Crippen molar-refractivity contribution in [3.05, 3.63) is 180 Å². The molecule has 7 aromatic carbocycles. The van der Waals surface area contributed by atoms with E-state index in [0.29, 0.717) is 17.5 Å². The third kappa shape index (κ3) is 4.46. The van der Waals surface area contributed by atoms with Crippen LogP contribution in [0.15, 0.2) is 167 Å². The number of rotatable bonds is 4. The second-order valence-corrected chi connectivity index (χ2v) is 13.5. The van der Waals surface area contributed by atoms with Gasteiger partial charge in [-0.25, -0.2) is 15.0 Å². The fourth-order valence-electron chi connectivity index (χ4n) is 8.08. The zero-order valence-electron chi connectivity index (χ0n) is 28.0. The molecule has 1 unspecified atom stereocenters. The lowest BCUT2D eigenvalue weighted by Gasteiger charge is -2.24. The molecule has 1 aliphatic rings. The average molecular weight is 668 g/mol. The summed E-state index contributed by atoms with van der Waals surface area (Å²) in [6.07, 6.45) is 3.03. The highest BCUT2D eigenvalue weighted by atomic mass is 16.3. The molecule has 0 radical (unpaired) electrons. The Balaban J connectivity index is 1.12. The van der Waals surface area contributed by atoms with E-state index in [9.17, 15) is 0 Å². The highest BCUT2D eigenvalue weighted by molar-refractivity contribution is 6.10. The summed E-state index contributed by atoms with van der Waals surface area (Å²) in [5.41, 5.74) is 7.53. The molecule has 3 aromatic heterocycles. The predicted molar refractivity (Wildman–Crippen MR) is 209 cm³/mol. The van der Waals surface area contributed by atoms with Crippen LogP contribution in [-0.4, -0.2) is 15.0 Å². The van der Waals surface area contributed by atoms with Crippen molar-refractivity contribution in [2.45, 2.75) is 12.3 Å². The van der Waals surface area contributed by atoms with E-state index in [4.69, 9.17) is 23.8 Å². The minimum Gasteiger partial charge on any atom is -0.460 e. The standard InChI is InChI=1S/C47H29N3O2/c1-2-12-28(13-3-1)45-48-46(30-22-23-35-34-18-8-10-20-40(34)51-42(35)27-30)50-47(49-45)38-25-24-36(44-43(38)37-19-9-11-21-41(37)52-44)39-26-29-14-4-5-15-31(29)32-16-6-7-17-33(32)39/h1-23,25-27,36H,24H2. The quantitative estimate of drug-likeness (QED) is 0.175.